The second-order valence-corrected chi connectivity index (χ2v) is 6.52. The standard InChI is InChI=1S/C9H11Br2N3O2S/c1-14(3-2-7(12)13-16)9(15)6-4-5(10)8(11)17-6/h4,16H,2-3H2,1H3,(H2,12,13). The van der Waals surface area contributed by atoms with Gasteiger partial charge >= 0.3 is 0 Å². The van der Waals surface area contributed by atoms with Gasteiger partial charge in [-0.1, -0.05) is 5.16 Å². The van der Waals surface area contributed by atoms with Gasteiger partial charge in [0.2, 0.25) is 0 Å². The van der Waals surface area contributed by atoms with E-state index in [-0.39, 0.29) is 11.7 Å². The van der Waals surface area contributed by atoms with Crippen molar-refractivity contribution in [2.75, 3.05) is 13.6 Å². The van der Waals surface area contributed by atoms with Gasteiger partial charge in [0, 0.05) is 24.5 Å². The molecule has 1 aromatic heterocycles. The average molecular weight is 385 g/mol. The minimum Gasteiger partial charge on any atom is -0.409 e. The molecule has 5 nitrogen and oxygen atoms in total. The molecule has 0 fully saturated rings. The molecule has 0 saturated heterocycles. The van der Waals surface area contributed by atoms with Crippen LogP contribution >= 0.6 is 43.2 Å². The van der Waals surface area contributed by atoms with Gasteiger partial charge in [-0.05, 0) is 37.9 Å². The van der Waals surface area contributed by atoms with Crippen LogP contribution in [0.4, 0.5) is 0 Å². The lowest BCUT2D eigenvalue weighted by Gasteiger charge is -2.15. The van der Waals surface area contributed by atoms with Crippen molar-refractivity contribution in [3.63, 3.8) is 0 Å². The molecule has 3 N–H and O–H groups in total. The third-order valence-electron chi connectivity index (χ3n) is 2.03. The number of amidine groups is 1. The van der Waals surface area contributed by atoms with Gasteiger partial charge in [-0.15, -0.1) is 11.3 Å². The normalized spacial score (nSPS) is 11.6. The van der Waals surface area contributed by atoms with Gasteiger partial charge in [-0.2, -0.15) is 0 Å². The zero-order chi connectivity index (χ0) is 13.0. The Morgan fingerprint density at radius 2 is 2.29 bits per heavy atom. The Balaban J connectivity index is 2.64. The van der Waals surface area contributed by atoms with Crippen LogP contribution in [0.3, 0.4) is 0 Å². The molecule has 0 radical (unpaired) electrons. The van der Waals surface area contributed by atoms with E-state index in [1.165, 1.54) is 16.2 Å². The summed E-state index contributed by atoms with van der Waals surface area (Å²) < 4.78 is 1.74. The van der Waals surface area contributed by atoms with Crippen LogP contribution in [0.15, 0.2) is 19.5 Å². The van der Waals surface area contributed by atoms with E-state index in [1.54, 1.807) is 13.1 Å². The molecular formula is C9H11Br2N3O2S. The van der Waals surface area contributed by atoms with Crippen molar-refractivity contribution < 1.29 is 10.0 Å². The van der Waals surface area contributed by atoms with Crippen LogP contribution in [0.2, 0.25) is 0 Å². The topological polar surface area (TPSA) is 78.9 Å². The minimum absolute atomic E-state index is 0.0906. The molecule has 0 unspecified atom stereocenters. The SMILES string of the molecule is CN(CCC(N)=NO)C(=O)c1cc(Br)c(Br)s1. The fourth-order valence-electron chi connectivity index (χ4n) is 1.07. The lowest BCUT2D eigenvalue weighted by molar-refractivity contribution is 0.0803. The number of rotatable bonds is 4. The van der Waals surface area contributed by atoms with E-state index in [2.05, 4.69) is 37.0 Å². The largest absolute Gasteiger partial charge is 0.409 e. The number of oxime groups is 1. The molecule has 0 atom stereocenters. The zero-order valence-electron chi connectivity index (χ0n) is 8.98. The number of carbonyl (C=O) groups is 1. The summed E-state index contributed by atoms with van der Waals surface area (Å²) in [6, 6.07) is 1.76. The van der Waals surface area contributed by atoms with Crippen molar-refractivity contribution in [1.82, 2.24) is 4.90 Å². The van der Waals surface area contributed by atoms with Crippen molar-refractivity contribution in [2.45, 2.75) is 6.42 Å². The fraction of sp³-hybridized carbons (Fsp3) is 0.333. The highest BCUT2D eigenvalue weighted by molar-refractivity contribution is 9.13. The summed E-state index contributed by atoms with van der Waals surface area (Å²) in [6.07, 6.45) is 0.340. The van der Waals surface area contributed by atoms with Crippen LogP contribution < -0.4 is 5.73 Å². The third-order valence-corrected chi connectivity index (χ3v) is 5.28. The van der Waals surface area contributed by atoms with Crippen LogP contribution in [-0.2, 0) is 0 Å². The predicted octanol–water partition coefficient (Wildman–Crippen LogP) is 2.48. The maximum atomic E-state index is 12.0. The number of nitrogens with two attached hydrogens (primary N) is 1. The second kappa shape index (κ2) is 6.36. The highest BCUT2D eigenvalue weighted by atomic mass is 79.9. The average Bonchev–Trinajstić information content (AvgIpc) is 2.65. The second-order valence-electron chi connectivity index (χ2n) is 3.30. The van der Waals surface area contributed by atoms with Crippen LogP contribution in [0, 0.1) is 0 Å². The van der Waals surface area contributed by atoms with Crippen LogP contribution in [0.5, 0.6) is 0 Å². The Bertz CT molecular complexity index is 428. The maximum Gasteiger partial charge on any atom is 0.263 e. The number of halogens is 2. The first kappa shape index (κ1) is 14.5. The Morgan fingerprint density at radius 1 is 1.65 bits per heavy atom. The summed E-state index contributed by atoms with van der Waals surface area (Å²) in [5.41, 5.74) is 5.34. The molecule has 17 heavy (non-hydrogen) atoms. The summed E-state index contributed by atoms with van der Waals surface area (Å²) in [5.74, 6) is 0.0188. The van der Waals surface area contributed by atoms with Crippen LogP contribution in [0.25, 0.3) is 0 Å². The fourth-order valence-corrected chi connectivity index (χ4v) is 3.10. The Morgan fingerprint density at radius 3 is 2.76 bits per heavy atom. The van der Waals surface area contributed by atoms with Gasteiger partial charge in [-0.25, -0.2) is 0 Å². The molecule has 0 aromatic carbocycles. The molecule has 0 saturated carbocycles. The minimum atomic E-state index is -0.0906. The van der Waals surface area contributed by atoms with E-state index in [9.17, 15) is 4.79 Å². The van der Waals surface area contributed by atoms with E-state index in [1.807, 2.05) is 0 Å². The number of hydrogen-bond donors (Lipinski definition) is 2. The molecule has 94 valence electrons. The first-order valence-electron chi connectivity index (χ1n) is 4.62. The lowest BCUT2D eigenvalue weighted by Crippen LogP contribution is -2.30. The molecule has 0 bridgehead atoms. The molecular weight excluding hydrogens is 374 g/mol. The lowest BCUT2D eigenvalue weighted by atomic mass is 10.3. The van der Waals surface area contributed by atoms with Gasteiger partial charge in [0.1, 0.15) is 5.84 Å². The summed E-state index contributed by atoms with van der Waals surface area (Å²) in [7, 11) is 1.68. The Hall–Kier alpha value is -0.600. The maximum absolute atomic E-state index is 12.0. The van der Waals surface area contributed by atoms with Gasteiger partial charge in [0.15, 0.2) is 0 Å². The molecule has 1 heterocycles. The molecule has 8 heteroatoms. The Kier molecular flexibility index (Phi) is 5.41. The van der Waals surface area contributed by atoms with Gasteiger partial charge in [0.25, 0.3) is 5.91 Å². The number of nitrogens with zero attached hydrogens (tertiary/aromatic N) is 2. The monoisotopic (exact) mass is 383 g/mol. The molecule has 1 aromatic rings. The van der Waals surface area contributed by atoms with Crippen LogP contribution in [-0.4, -0.2) is 35.4 Å². The quantitative estimate of drug-likeness (QED) is 0.362. The molecule has 0 aliphatic carbocycles. The smallest absolute Gasteiger partial charge is 0.263 e. The summed E-state index contributed by atoms with van der Waals surface area (Å²) in [4.78, 5) is 14.1. The Labute approximate surface area is 120 Å². The molecule has 0 aliphatic rings. The van der Waals surface area contributed by atoms with Crippen LogP contribution in [0.1, 0.15) is 16.1 Å². The van der Waals surface area contributed by atoms with Crippen molar-refractivity contribution in [3.8, 4) is 0 Å². The van der Waals surface area contributed by atoms with Gasteiger partial charge in [0.05, 0.1) is 8.66 Å². The summed E-state index contributed by atoms with van der Waals surface area (Å²) >= 11 is 8.02. The highest BCUT2D eigenvalue weighted by Crippen LogP contribution is 2.32. The van der Waals surface area contributed by atoms with E-state index >= 15 is 0 Å². The van der Waals surface area contributed by atoms with Crippen molar-refractivity contribution in [3.05, 3.63) is 19.2 Å². The number of carbonyl (C=O) groups excluding carboxylic acids is 1. The first-order chi connectivity index (χ1) is 7.95. The van der Waals surface area contributed by atoms with Crippen molar-refractivity contribution >= 4 is 54.9 Å². The molecule has 0 spiro atoms. The zero-order valence-corrected chi connectivity index (χ0v) is 13.0. The summed E-state index contributed by atoms with van der Waals surface area (Å²) in [5, 5.41) is 11.2. The number of amides is 1. The molecule has 1 rings (SSSR count). The molecule has 0 aliphatic heterocycles. The summed E-state index contributed by atoms with van der Waals surface area (Å²) in [6.45, 7) is 0.405. The third kappa shape index (κ3) is 3.97. The molecule has 1 amide bonds. The first-order valence-corrected chi connectivity index (χ1v) is 7.02. The van der Waals surface area contributed by atoms with E-state index < -0.39 is 0 Å². The van der Waals surface area contributed by atoms with Gasteiger partial charge < -0.3 is 15.8 Å². The van der Waals surface area contributed by atoms with Gasteiger partial charge in [-0.3, -0.25) is 4.79 Å². The number of thiophene rings is 1. The van der Waals surface area contributed by atoms with E-state index in [0.29, 0.717) is 17.8 Å². The van der Waals surface area contributed by atoms with Crippen molar-refractivity contribution in [2.24, 2.45) is 10.9 Å². The van der Waals surface area contributed by atoms with Crippen molar-refractivity contribution in [1.29, 1.82) is 0 Å². The van der Waals surface area contributed by atoms with E-state index in [4.69, 9.17) is 10.9 Å². The predicted molar refractivity (Wildman–Crippen MR) is 74.7 cm³/mol. The van der Waals surface area contributed by atoms with E-state index in [0.717, 1.165) is 8.26 Å². The number of hydrogen-bond acceptors (Lipinski definition) is 4. The highest BCUT2D eigenvalue weighted by Gasteiger charge is 2.16.